The SMILES string of the molecule is CC(C)C1(c2c(Br)cnn2CCN(C)C)CCCCCN1. The van der Waals surface area contributed by atoms with Crippen molar-refractivity contribution in [3.05, 3.63) is 16.4 Å². The van der Waals surface area contributed by atoms with Crippen LogP contribution in [0.1, 0.15) is 45.2 Å². The molecular formula is C16H29BrN4. The molecule has 1 aromatic heterocycles. The number of aromatic nitrogens is 2. The minimum absolute atomic E-state index is 0.0398. The van der Waals surface area contributed by atoms with Gasteiger partial charge in [-0.2, -0.15) is 5.10 Å². The first-order valence-electron chi connectivity index (χ1n) is 8.09. The van der Waals surface area contributed by atoms with Crippen LogP contribution in [0.15, 0.2) is 10.7 Å². The number of likely N-dealkylation sites (N-methyl/N-ethyl adjacent to an activating group) is 1. The monoisotopic (exact) mass is 356 g/mol. The lowest BCUT2D eigenvalue weighted by Crippen LogP contribution is -2.48. The smallest absolute Gasteiger partial charge is 0.0730 e. The Kier molecular flexibility index (Phi) is 5.86. The van der Waals surface area contributed by atoms with E-state index in [1.807, 2.05) is 6.20 Å². The van der Waals surface area contributed by atoms with Gasteiger partial charge in [0.25, 0.3) is 0 Å². The van der Waals surface area contributed by atoms with Crippen molar-refractivity contribution in [1.82, 2.24) is 20.0 Å². The summed E-state index contributed by atoms with van der Waals surface area (Å²) in [6.07, 6.45) is 7.04. The Morgan fingerprint density at radius 3 is 2.81 bits per heavy atom. The van der Waals surface area contributed by atoms with Crippen LogP contribution in [-0.2, 0) is 12.1 Å². The van der Waals surface area contributed by atoms with Gasteiger partial charge in [-0.25, -0.2) is 0 Å². The van der Waals surface area contributed by atoms with Crippen LogP contribution < -0.4 is 5.32 Å². The number of nitrogens with zero attached hydrogens (tertiary/aromatic N) is 3. The van der Waals surface area contributed by atoms with E-state index in [-0.39, 0.29) is 5.54 Å². The number of halogens is 1. The van der Waals surface area contributed by atoms with Crippen LogP contribution in [0, 0.1) is 5.92 Å². The number of hydrogen-bond acceptors (Lipinski definition) is 3. The van der Waals surface area contributed by atoms with E-state index in [0.29, 0.717) is 5.92 Å². The molecular weight excluding hydrogens is 328 g/mol. The maximum atomic E-state index is 4.62. The average molecular weight is 357 g/mol. The Hall–Kier alpha value is -0.390. The molecule has 1 fully saturated rings. The van der Waals surface area contributed by atoms with Crippen molar-refractivity contribution in [2.24, 2.45) is 5.92 Å². The molecule has 0 bridgehead atoms. The summed E-state index contributed by atoms with van der Waals surface area (Å²) in [4.78, 5) is 2.21. The van der Waals surface area contributed by atoms with E-state index in [1.54, 1.807) is 0 Å². The summed E-state index contributed by atoms with van der Waals surface area (Å²) in [6.45, 7) is 7.70. The molecule has 2 heterocycles. The van der Waals surface area contributed by atoms with E-state index in [0.717, 1.165) is 24.1 Å². The zero-order chi connectivity index (χ0) is 15.5. The van der Waals surface area contributed by atoms with Crippen LogP contribution in [0.4, 0.5) is 0 Å². The van der Waals surface area contributed by atoms with Gasteiger partial charge in [0.15, 0.2) is 0 Å². The Bertz CT molecular complexity index is 445. The fraction of sp³-hybridized carbons (Fsp3) is 0.812. The van der Waals surface area contributed by atoms with Gasteiger partial charge in [-0.05, 0) is 55.3 Å². The molecule has 1 saturated heterocycles. The zero-order valence-corrected chi connectivity index (χ0v) is 15.4. The Morgan fingerprint density at radius 1 is 1.38 bits per heavy atom. The average Bonchev–Trinajstić information content (AvgIpc) is 2.64. The van der Waals surface area contributed by atoms with Crippen molar-refractivity contribution in [1.29, 1.82) is 0 Å². The fourth-order valence-electron chi connectivity index (χ4n) is 3.34. The van der Waals surface area contributed by atoms with E-state index in [1.165, 1.54) is 31.4 Å². The van der Waals surface area contributed by atoms with Crippen molar-refractivity contribution in [2.45, 2.75) is 51.6 Å². The molecule has 1 aromatic rings. The first-order valence-corrected chi connectivity index (χ1v) is 8.88. The number of nitrogens with one attached hydrogen (secondary N) is 1. The highest BCUT2D eigenvalue weighted by molar-refractivity contribution is 9.10. The van der Waals surface area contributed by atoms with Crippen molar-refractivity contribution >= 4 is 15.9 Å². The highest BCUT2D eigenvalue weighted by Gasteiger charge is 2.40. The van der Waals surface area contributed by atoms with E-state index >= 15 is 0 Å². The first-order chi connectivity index (χ1) is 9.97. The predicted molar refractivity (Wildman–Crippen MR) is 91.5 cm³/mol. The second-order valence-electron chi connectivity index (χ2n) is 6.73. The molecule has 1 aliphatic rings. The summed E-state index contributed by atoms with van der Waals surface area (Å²) in [5, 5.41) is 8.49. The lowest BCUT2D eigenvalue weighted by molar-refractivity contribution is 0.209. The van der Waals surface area contributed by atoms with Gasteiger partial charge in [0, 0.05) is 6.54 Å². The van der Waals surface area contributed by atoms with Gasteiger partial charge < -0.3 is 10.2 Å². The van der Waals surface area contributed by atoms with Gasteiger partial charge in [-0.3, -0.25) is 4.68 Å². The lowest BCUT2D eigenvalue weighted by Gasteiger charge is -2.39. The van der Waals surface area contributed by atoms with Gasteiger partial charge in [0.2, 0.25) is 0 Å². The van der Waals surface area contributed by atoms with Crippen LogP contribution in [0.5, 0.6) is 0 Å². The third kappa shape index (κ3) is 3.69. The number of hydrogen-bond donors (Lipinski definition) is 1. The lowest BCUT2D eigenvalue weighted by atomic mass is 9.79. The first kappa shape index (κ1) is 17.0. The third-order valence-electron chi connectivity index (χ3n) is 4.65. The standard InChI is InChI=1S/C16H29BrN4/c1-13(2)16(8-6-5-7-9-18-16)15-14(17)12-19-21(15)11-10-20(3)4/h12-13,18H,5-11H2,1-4H3. The van der Waals surface area contributed by atoms with Gasteiger partial charge in [0.05, 0.1) is 28.4 Å². The summed E-state index contributed by atoms with van der Waals surface area (Å²) in [5.41, 5.74) is 1.37. The topological polar surface area (TPSA) is 33.1 Å². The molecule has 5 heteroatoms. The summed E-state index contributed by atoms with van der Waals surface area (Å²) in [5.74, 6) is 0.543. The quantitative estimate of drug-likeness (QED) is 0.878. The molecule has 0 aliphatic carbocycles. The molecule has 0 aromatic carbocycles. The molecule has 1 unspecified atom stereocenters. The van der Waals surface area contributed by atoms with Crippen molar-refractivity contribution < 1.29 is 0 Å². The molecule has 0 amide bonds. The molecule has 1 aliphatic heterocycles. The van der Waals surface area contributed by atoms with Gasteiger partial charge in [0.1, 0.15) is 0 Å². The Labute approximate surface area is 137 Å². The largest absolute Gasteiger partial charge is 0.308 e. The second-order valence-corrected chi connectivity index (χ2v) is 7.59. The zero-order valence-electron chi connectivity index (χ0n) is 13.8. The Balaban J connectivity index is 2.37. The molecule has 0 radical (unpaired) electrons. The molecule has 120 valence electrons. The van der Waals surface area contributed by atoms with Crippen LogP contribution >= 0.6 is 15.9 Å². The van der Waals surface area contributed by atoms with Gasteiger partial charge in [-0.1, -0.05) is 26.7 Å². The molecule has 21 heavy (non-hydrogen) atoms. The van der Waals surface area contributed by atoms with Crippen molar-refractivity contribution in [2.75, 3.05) is 27.2 Å². The van der Waals surface area contributed by atoms with E-state index in [4.69, 9.17) is 0 Å². The molecule has 1 atom stereocenters. The summed E-state index contributed by atoms with van der Waals surface area (Å²) < 4.78 is 3.34. The highest BCUT2D eigenvalue weighted by atomic mass is 79.9. The minimum Gasteiger partial charge on any atom is -0.308 e. The summed E-state index contributed by atoms with van der Waals surface area (Å²) in [7, 11) is 4.22. The van der Waals surface area contributed by atoms with E-state index in [9.17, 15) is 0 Å². The third-order valence-corrected chi connectivity index (χ3v) is 5.23. The minimum atomic E-state index is 0.0398. The fourth-order valence-corrected chi connectivity index (χ4v) is 3.99. The number of rotatable bonds is 5. The molecule has 1 N–H and O–H groups in total. The Morgan fingerprint density at radius 2 is 2.14 bits per heavy atom. The summed E-state index contributed by atoms with van der Waals surface area (Å²) in [6, 6.07) is 0. The highest BCUT2D eigenvalue weighted by Crippen LogP contribution is 2.40. The van der Waals surface area contributed by atoms with Gasteiger partial charge in [-0.15, -0.1) is 0 Å². The normalized spacial score (nSPS) is 23.8. The van der Waals surface area contributed by atoms with Crippen LogP contribution in [0.3, 0.4) is 0 Å². The molecule has 0 spiro atoms. The molecule has 2 rings (SSSR count). The molecule has 0 saturated carbocycles. The van der Waals surface area contributed by atoms with Crippen molar-refractivity contribution in [3.8, 4) is 0 Å². The molecule has 4 nitrogen and oxygen atoms in total. The van der Waals surface area contributed by atoms with Crippen LogP contribution in [-0.4, -0.2) is 41.9 Å². The maximum absolute atomic E-state index is 4.62. The summed E-state index contributed by atoms with van der Waals surface area (Å²) >= 11 is 3.75. The second kappa shape index (κ2) is 7.25. The maximum Gasteiger partial charge on any atom is 0.0730 e. The van der Waals surface area contributed by atoms with Gasteiger partial charge >= 0.3 is 0 Å². The van der Waals surface area contributed by atoms with Crippen molar-refractivity contribution in [3.63, 3.8) is 0 Å². The van der Waals surface area contributed by atoms with Crippen LogP contribution in [0.2, 0.25) is 0 Å². The van der Waals surface area contributed by atoms with E-state index in [2.05, 4.69) is 63.9 Å². The predicted octanol–water partition coefficient (Wildman–Crippen LogP) is 3.22. The van der Waals surface area contributed by atoms with Crippen LogP contribution in [0.25, 0.3) is 0 Å². The van der Waals surface area contributed by atoms with E-state index < -0.39 is 0 Å².